The van der Waals surface area contributed by atoms with E-state index in [0.29, 0.717) is 17.9 Å². The Morgan fingerprint density at radius 2 is 2.14 bits per heavy atom. The van der Waals surface area contributed by atoms with Crippen LogP contribution in [0.15, 0.2) is 47.9 Å². The Labute approximate surface area is 123 Å². The molecule has 0 amide bonds. The van der Waals surface area contributed by atoms with E-state index >= 15 is 0 Å². The number of amidine groups is 1. The number of oxime groups is 1. The molecule has 0 atom stereocenters. The molecule has 0 aliphatic carbocycles. The summed E-state index contributed by atoms with van der Waals surface area (Å²) >= 11 is 0. The van der Waals surface area contributed by atoms with Crippen LogP contribution in [0.4, 0.5) is 0 Å². The maximum absolute atomic E-state index is 8.81. The van der Waals surface area contributed by atoms with E-state index in [1.165, 1.54) is 0 Å². The number of nitrogens with one attached hydrogen (secondary N) is 1. The molecule has 4 N–H and O–H groups in total. The number of ether oxygens (including phenoxy) is 1. The second kappa shape index (κ2) is 7.25. The summed E-state index contributed by atoms with van der Waals surface area (Å²) in [6, 6.07) is 9.48. The zero-order valence-electron chi connectivity index (χ0n) is 11.8. The molecular formula is C15H18N4O2. The number of hydrogen-bond donors (Lipinski definition) is 3. The number of nitrogens with two attached hydrogens (primary N) is 1. The van der Waals surface area contributed by atoms with Crippen LogP contribution >= 0.6 is 0 Å². The molecule has 6 heteroatoms. The molecule has 2 aromatic rings. The van der Waals surface area contributed by atoms with Crippen molar-refractivity contribution in [2.45, 2.75) is 13.1 Å². The van der Waals surface area contributed by atoms with Gasteiger partial charge in [0.1, 0.15) is 5.75 Å². The topological polar surface area (TPSA) is 92.8 Å². The van der Waals surface area contributed by atoms with E-state index < -0.39 is 0 Å². The SMILES string of the molecule is COc1ccc(CNCc2cccnc2)cc1C(N)=NO. The normalized spacial score (nSPS) is 11.4. The quantitative estimate of drug-likeness (QED) is 0.324. The number of rotatable bonds is 6. The Balaban J connectivity index is 2.04. The third-order valence-corrected chi connectivity index (χ3v) is 3.03. The first-order valence-electron chi connectivity index (χ1n) is 6.49. The molecule has 0 bridgehead atoms. The molecule has 1 heterocycles. The van der Waals surface area contributed by atoms with Crippen molar-refractivity contribution in [1.82, 2.24) is 10.3 Å². The number of nitrogens with zero attached hydrogens (tertiary/aromatic N) is 2. The molecule has 0 spiro atoms. The van der Waals surface area contributed by atoms with Crippen LogP contribution in [0.3, 0.4) is 0 Å². The number of aromatic nitrogens is 1. The van der Waals surface area contributed by atoms with Gasteiger partial charge in [-0.15, -0.1) is 0 Å². The molecule has 110 valence electrons. The summed E-state index contributed by atoms with van der Waals surface area (Å²) in [5.41, 5.74) is 8.35. The molecule has 0 saturated carbocycles. The van der Waals surface area contributed by atoms with E-state index in [-0.39, 0.29) is 5.84 Å². The van der Waals surface area contributed by atoms with Crippen LogP contribution in [0.25, 0.3) is 0 Å². The van der Waals surface area contributed by atoms with E-state index in [9.17, 15) is 0 Å². The summed E-state index contributed by atoms with van der Waals surface area (Å²) in [4.78, 5) is 4.06. The van der Waals surface area contributed by atoms with Crippen molar-refractivity contribution in [2.75, 3.05) is 7.11 Å². The van der Waals surface area contributed by atoms with Crippen molar-refractivity contribution >= 4 is 5.84 Å². The minimum absolute atomic E-state index is 0.0287. The van der Waals surface area contributed by atoms with Crippen molar-refractivity contribution in [2.24, 2.45) is 10.9 Å². The van der Waals surface area contributed by atoms with Crippen LogP contribution in [-0.4, -0.2) is 23.1 Å². The number of hydrogen-bond acceptors (Lipinski definition) is 5. The van der Waals surface area contributed by atoms with Crippen LogP contribution in [0.5, 0.6) is 5.75 Å². The maximum atomic E-state index is 8.81. The number of methoxy groups -OCH3 is 1. The molecule has 1 aromatic heterocycles. The first kappa shape index (κ1) is 14.8. The van der Waals surface area contributed by atoms with Gasteiger partial charge < -0.3 is 21.0 Å². The third-order valence-electron chi connectivity index (χ3n) is 3.03. The lowest BCUT2D eigenvalue weighted by Gasteiger charge is -2.10. The Bertz CT molecular complexity index is 614. The first-order valence-corrected chi connectivity index (χ1v) is 6.49. The highest BCUT2D eigenvalue weighted by Crippen LogP contribution is 2.19. The van der Waals surface area contributed by atoms with Gasteiger partial charge in [0.2, 0.25) is 0 Å². The van der Waals surface area contributed by atoms with Gasteiger partial charge in [0.05, 0.1) is 12.7 Å². The Morgan fingerprint density at radius 3 is 2.81 bits per heavy atom. The largest absolute Gasteiger partial charge is 0.496 e. The van der Waals surface area contributed by atoms with Gasteiger partial charge in [0.15, 0.2) is 5.84 Å². The molecule has 0 fully saturated rings. The summed E-state index contributed by atoms with van der Waals surface area (Å²) in [7, 11) is 1.55. The third kappa shape index (κ3) is 3.93. The van der Waals surface area contributed by atoms with Crippen molar-refractivity contribution in [3.05, 3.63) is 59.4 Å². The van der Waals surface area contributed by atoms with Gasteiger partial charge in [-0.3, -0.25) is 4.98 Å². The molecule has 21 heavy (non-hydrogen) atoms. The highest BCUT2D eigenvalue weighted by atomic mass is 16.5. The van der Waals surface area contributed by atoms with Gasteiger partial charge in [-0.25, -0.2) is 0 Å². The van der Waals surface area contributed by atoms with Gasteiger partial charge in [0, 0.05) is 25.5 Å². The molecule has 1 aromatic carbocycles. The van der Waals surface area contributed by atoms with Gasteiger partial charge in [-0.05, 0) is 29.3 Å². The zero-order chi connectivity index (χ0) is 15.1. The van der Waals surface area contributed by atoms with E-state index in [2.05, 4.69) is 15.5 Å². The van der Waals surface area contributed by atoms with Gasteiger partial charge >= 0.3 is 0 Å². The summed E-state index contributed by atoms with van der Waals surface area (Å²) in [5, 5.41) is 15.1. The van der Waals surface area contributed by atoms with E-state index in [1.807, 2.05) is 30.5 Å². The first-order chi connectivity index (χ1) is 10.2. The van der Waals surface area contributed by atoms with Gasteiger partial charge in [-0.2, -0.15) is 0 Å². The van der Waals surface area contributed by atoms with Crippen molar-refractivity contribution in [3.63, 3.8) is 0 Å². The van der Waals surface area contributed by atoms with Crippen molar-refractivity contribution in [3.8, 4) is 5.75 Å². The van der Waals surface area contributed by atoms with Crippen LogP contribution < -0.4 is 15.8 Å². The Kier molecular flexibility index (Phi) is 5.11. The Morgan fingerprint density at radius 1 is 1.33 bits per heavy atom. The Hall–Kier alpha value is -2.60. The summed E-state index contributed by atoms with van der Waals surface area (Å²) < 4.78 is 5.20. The molecule has 0 unspecified atom stereocenters. The van der Waals surface area contributed by atoms with Crippen molar-refractivity contribution < 1.29 is 9.94 Å². The molecule has 0 saturated heterocycles. The van der Waals surface area contributed by atoms with Gasteiger partial charge in [-0.1, -0.05) is 17.3 Å². The summed E-state index contributed by atoms with van der Waals surface area (Å²) in [6.07, 6.45) is 3.57. The van der Waals surface area contributed by atoms with Crippen LogP contribution in [0, 0.1) is 0 Å². The molecule has 0 aliphatic rings. The van der Waals surface area contributed by atoms with Gasteiger partial charge in [0.25, 0.3) is 0 Å². The smallest absolute Gasteiger partial charge is 0.173 e. The molecule has 6 nitrogen and oxygen atoms in total. The van der Waals surface area contributed by atoms with E-state index in [4.69, 9.17) is 15.7 Å². The minimum atomic E-state index is 0.0287. The van der Waals surface area contributed by atoms with Crippen LogP contribution in [0.1, 0.15) is 16.7 Å². The predicted octanol–water partition coefficient (Wildman–Crippen LogP) is 1.47. The molecule has 2 rings (SSSR count). The van der Waals surface area contributed by atoms with Crippen molar-refractivity contribution in [1.29, 1.82) is 0 Å². The standard InChI is InChI=1S/C15H18N4O2/c1-21-14-5-4-11(7-13(14)15(16)19-20)8-18-10-12-3-2-6-17-9-12/h2-7,9,18,20H,8,10H2,1H3,(H2,16,19). The number of benzene rings is 1. The molecule has 0 aliphatic heterocycles. The lowest BCUT2D eigenvalue weighted by atomic mass is 10.1. The average Bonchev–Trinajstić information content (AvgIpc) is 2.55. The lowest BCUT2D eigenvalue weighted by Crippen LogP contribution is -2.17. The highest BCUT2D eigenvalue weighted by molar-refractivity contribution is 5.99. The van der Waals surface area contributed by atoms with E-state index in [1.54, 1.807) is 19.4 Å². The minimum Gasteiger partial charge on any atom is -0.496 e. The second-order valence-electron chi connectivity index (χ2n) is 4.48. The fourth-order valence-corrected chi connectivity index (χ4v) is 1.97. The summed E-state index contributed by atoms with van der Waals surface area (Å²) in [6.45, 7) is 1.38. The second-order valence-corrected chi connectivity index (χ2v) is 4.48. The van der Waals surface area contributed by atoms with Crippen LogP contribution in [-0.2, 0) is 13.1 Å². The fraction of sp³-hybridized carbons (Fsp3) is 0.200. The van der Waals surface area contributed by atoms with E-state index in [0.717, 1.165) is 17.7 Å². The highest BCUT2D eigenvalue weighted by Gasteiger charge is 2.08. The average molecular weight is 286 g/mol. The number of pyridine rings is 1. The summed E-state index contributed by atoms with van der Waals surface area (Å²) in [5.74, 6) is 0.599. The monoisotopic (exact) mass is 286 g/mol. The predicted molar refractivity (Wildman–Crippen MR) is 80.3 cm³/mol. The molecule has 0 radical (unpaired) electrons. The molecular weight excluding hydrogens is 268 g/mol. The zero-order valence-corrected chi connectivity index (χ0v) is 11.8. The lowest BCUT2D eigenvalue weighted by molar-refractivity contribution is 0.318. The van der Waals surface area contributed by atoms with Crippen LogP contribution in [0.2, 0.25) is 0 Å². The maximum Gasteiger partial charge on any atom is 0.173 e. The fourth-order valence-electron chi connectivity index (χ4n) is 1.97.